The molecule has 0 atom stereocenters. The average molecular weight is 324 g/mol. The van der Waals surface area contributed by atoms with Gasteiger partial charge in [0.05, 0.1) is 16.9 Å². The number of hydrazone groups is 1. The van der Waals surface area contributed by atoms with Crippen molar-refractivity contribution >= 4 is 23.8 Å². The number of benzene rings is 1. The second-order valence-electron chi connectivity index (χ2n) is 4.02. The van der Waals surface area contributed by atoms with Gasteiger partial charge in [-0.3, -0.25) is 9.78 Å². The predicted octanol–water partition coefficient (Wildman–Crippen LogP) is -0.113. The topological polar surface area (TPSA) is 143 Å². The minimum absolute atomic E-state index is 0.167. The fourth-order valence-electron chi connectivity index (χ4n) is 1.67. The summed E-state index contributed by atoms with van der Waals surface area (Å²) in [5.74, 6) is -0.683. The van der Waals surface area contributed by atoms with E-state index in [0.29, 0.717) is 0 Å². The van der Waals surface area contributed by atoms with Crippen LogP contribution in [0, 0.1) is 0 Å². The van der Waals surface area contributed by atoms with Crippen LogP contribution in [0.5, 0.6) is 5.88 Å². The van der Waals surface area contributed by atoms with Crippen molar-refractivity contribution in [3.05, 3.63) is 55.7 Å². The lowest BCUT2D eigenvalue weighted by Crippen LogP contribution is -2.32. The molecular weight excluding hydrogens is 314 g/mol. The smallest absolute Gasteiger partial charge is 0.335 e. The van der Waals surface area contributed by atoms with Crippen LogP contribution in [0.15, 0.2) is 39.0 Å². The normalized spacial score (nSPS) is 10.8. The number of aromatic nitrogens is 2. The van der Waals surface area contributed by atoms with Gasteiger partial charge in [0.2, 0.25) is 5.88 Å². The fourth-order valence-corrected chi connectivity index (χ4v) is 1.89. The van der Waals surface area contributed by atoms with Crippen LogP contribution in [0.2, 0.25) is 5.02 Å². The van der Waals surface area contributed by atoms with Crippen molar-refractivity contribution in [2.24, 2.45) is 10.8 Å². The predicted molar refractivity (Wildman–Crippen MR) is 79.6 cm³/mol. The molecule has 0 saturated carbocycles. The Bertz CT molecular complexity index is 871. The molecule has 1 aromatic carbocycles. The van der Waals surface area contributed by atoms with E-state index in [9.17, 15) is 19.5 Å². The SMILES string of the molecule is NC(=O)N/N=C/c1c(O)n(-c2ccccc2Cl)c(=O)[nH]c1=O. The zero-order valence-electron chi connectivity index (χ0n) is 10.9. The van der Waals surface area contributed by atoms with E-state index in [1.165, 1.54) is 12.1 Å². The van der Waals surface area contributed by atoms with Crippen LogP contribution in [0.4, 0.5) is 4.79 Å². The molecule has 0 radical (unpaired) electrons. The van der Waals surface area contributed by atoms with Gasteiger partial charge in [0.25, 0.3) is 5.56 Å². The number of amides is 2. The first-order chi connectivity index (χ1) is 10.4. The Labute approximate surface area is 127 Å². The molecule has 2 amide bonds. The molecule has 0 saturated heterocycles. The van der Waals surface area contributed by atoms with Gasteiger partial charge < -0.3 is 10.8 Å². The molecule has 0 spiro atoms. The highest BCUT2D eigenvalue weighted by molar-refractivity contribution is 6.32. The summed E-state index contributed by atoms with van der Waals surface area (Å²) < 4.78 is 0.801. The van der Waals surface area contributed by atoms with E-state index in [1.807, 2.05) is 10.4 Å². The van der Waals surface area contributed by atoms with Gasteiger partial charge in [-0.05, 0) is 12.1 Å². The molecule has 0 fully saturated rings. The number of aromatic hydroxyl groups is 1. The van der Waals surface area contributed by atoms with Gasteiger partial charge in [-0.2, -0.15) is 5.10 Å². The Balaban J connectivity index is 2.65. The molecule has 0 aliphatic rings. The molecule has 9 nitrogen and oxygen atoms in total. The highest BCUT2D eigenvalue weighted by Gasteiger charge is 2.15. The zero-order chi connectivity index (χ0) is 16.3. The lowest BCUT2D eigenvalue weighted by molar-refractivity contribution is 0.249. The Morgan fingerprint density at radius 2 is 2.09 bits per heavy atom. The maximum atomic E-state index is 11.9. The standard InChI is InChI=1S/C12H10ClN5O4/c13-7-3-1-2-4-8(7)18-10(20)6(5-15-17-11(14)21)9(19)16-12(18)22/h1-5,20H,(H3,14,17,21)(H,16,19,22)/b15-5+. The Morgan fingerprint density at radius 1 is 1.41 bits per heavy atom. The highest BCUT2D eigenvalue weighted by Crippen LogP contribution is 2.22. The number of nitrogens with one attached hydrogen (secondary N) is 2. The van der Waals surface area contributed by atoms with E-state index in [2.05, 4.69) is 5.10 Å². The van der Waals surface area contributed by atoms with Crippen molar-refractivity contribution in [3.63, 3.8) is 0 Å². The van der Waals surface area contributed by atoms with Gasteiger partial charge in [0.15, 0.2) is 0 Å². The van der Waals surface area contributed by atoms with Gasteiger partial charge in [0, 0.05) is 0 Å². The average Bonchev–Trinajstić information content (AvgIpc) is 2.44. The van der Waals surface area contributed by atoms with Crippen molar-refractivity contribution < 1.29 is 9.90 Å². The second-order valence-corrected chi connectivity index (χ2v) is 4.42. The van der Waals surface area contributed by atoms with Crippen molar-refractivity contribution in [2.75, 3.05) is 0 Å². The molecule has 0 unspecified atom stereocenters. The Hall–Kier alpha value is -3.07. The lowest BCUT2D eigenvalue weighted by atomic mass is 10.3. The number of urea groups is 1. The van der Waals surface area contributed by atoms with Crippen molar-refractivity contribution in [1.82, 2.24) is 15.0 Å². The summed E-state index contributed by atoms with van der Waals surface area (Å²) in [6, 6.07) is 5.27. The molecule has 0 aliphatic carbocycles. The largest absolute Gasteiger partial charge is 0.493 e. The summed E-state index contributed by atoms with van der Waals surface area (Å²) in [6.45, 7) is 0. The summed E-state index contributed by atoms with van der Waals surface area (Å²) in [6.07, 6.45) is 0.853. The first kappa shape index (κ1) is 15.3. The maximum absolute atomic E-state index is 11.9. The number of para-hydroxylation sites is 1. The van der Waals surface area contributed by atoms with Crippen LogP contribution in [-0.2, 0) is 0 Å². The van der Waals surface area contributed by atoms with Gasteiger partial charge in [-0.1, -0.05) is 23.7 Å². The third-order valence-corrected chi connectivity index (χ3v) is 2.90. The van der Waals surface area contributed by atoms with E-state index in [4.69, 9.17) is 17.3 Å². The van der Waals surface area contributed by atoms with Crippen LogP contribution in [0.1, 0.15) is 5.56 Å². The van der Waals surface area contributed by atoms with Crippen LogP contribution >= 0.6 is 11.6 Å². The van der Waals surface area contributed by atoms with Gasteiger partial charge in [-0.25, -0.2) is 19.6 Å². The number of carbonyl (C=O) groups is 1. The minimum Gasteiger partial charge on any atom is -0.493 e. The van der Waals surface area contributed by atoms with E-state index in [0.717, 1.165) is 10.8 Å². The number of nitrogens with zero attached hydrogens (tertiary/aromatic N) is 2. The number of carbonyl (C=O) groups excluding carboxylic acids is 1. The molecule has 0 aliphatic heterocycles. The number of hydrogen-bond acceptors (Lipinski definition) is 5. The molecule has 0 bridgehead atoms. The molecule has 1 heterocycles. The van der Waals surface area contributed by atoms with Crippen molar-refractivity contribution in [2.45, 2.75) is 0 Å². The van der Waals surface area contributed by atoms with Crippen molar-refractivity contribution in [3.8, 4) is 11.6 Å². The van der Waals surface area contributed by atoms with E-state index in [-0.39, 0.29) is 16.3 Å². The quantitative estimate of drug-likeness (QED) is 0.461. The van der Waals surface area contributed by atoms with E-state index < -0.39 is 23.2 Å². The molecular formula is C12H10ClN5O4. The number of halogens is 1. The molecule has 2 rings (SSSR count). The lowest BCUT2D eigenvalue weighted by Gasteiger charge is -2.10. The van der Waals surface area contributed by atoms with Gasteiger partial charge in [-0.15, -0.1) is 0 Å². The number of rotatable bonds is 3. The number of aromatic amines is 1. The van der Waals surface area contributed by atoms with Crippen LogP contribution in [0.25, 0.3) is 5.69 Å². The number of H-pyrrole nitrogens is 1. The van der Waals surface area contributed by atoms with Crippen LogP contribution < -0.4 is 22.4 Å². The van der Waals surface area contributed by atoms with Gasteiger partial charge in [0.1, 0.15) is 5.56 Å². The maximum Gasteiger partial charge on any atom is 0.335 e. The summed E-state index contributed by atoms with van der Waals surface area (Å²) >= 11 is 5.97. The summed E-state index contributed by atoms with van der Waals surface area (Å²) in [5, 5.41) is 13.7. The van der Waals surface area contributed by atoms with Gasteiger partial charge >= 0.3 is 11.7 Å². The summed E-state index contributed by atoms with van der Waals surface area (Å²) in [5.41, 5.74) is 4.72. The molecule has 114 valence electrons. The molecule has 10 heteroatoms. The first-order valence-corrected chi connectivity index (χ1v) is 6.21. The minimum atomic E-state index is -0.952. The fraction of sp³-hybridized carbons (Fsp3) is 0. The second kappa shape index (κ2) is 6.14. The van der Waals surface area contributed by atoms with E-state index >= 15 is 0 Å². The van der Waals surface area contributed by atoms with Crippen molar-refractivity contribution in [1.29, 1.82) is 0 Å². The number of hydrogen-bond donors (Lipinski definition) is 4. The number of nitrogens with two attached hydrogens (primary N) is 1. The molecule has 2 aromatic rings. The van der Waals surface area contributed by atoms with Crippen LogP contribution in [0.3, 0.4) is 0 Å². The van der Waals surface area contributed by atoms with Crippen LogP contribution in [-0.4, -0.2) is 26.9 Å². The monoisotopic (exact) mass is 323 g/mol. The third-order valence-electron chi connectivity index (χ3n) is 2.58. The zero-order valence-corrected chi connectivity index (χ0v) is 11.7. The number of primary amides is 1. The summed E-state index contributed by atoms with van der Waals surface area (Å²) in [7, 11) is 0. The molecule has 1 aromatic heterocycles. The van der Waals surface area contributed by atoms with E-state index in [1.54, 1.807) is 12.1 Å². The highest BCUT2D eigenvalue weighted by atomic mass is 35.5. The molecule has 5 N–H and O–H groups in total. The Morgan fingerprint density at radius 3 is 2.73 bits per heavy atom. The summed E-state index contributed by atoms with van der Waals surface area (Å²) in [4.78, 5) is 36.1. The third kappa shape index (κ3) is 2.99. The first-order valence-electron chi connectivity index (χ1n) is 5.83. The Kier molecular flexibility index (Phi) is 4.28. The molecule has 22 heavy (non-hydrogen) atoms.